The highest BCUT2D eigenvalue weighted by Gasteiger charge is 2.33. The maximum absolute atomic E-state index is 13.9. The Morgan fingerprint density at radius 3 is 2.72 bits per heavy atom. The number of thiazole rings is 1. The Morgan fingerprint density at radius 1 is 1.28 bits per heavy atom. The molecule has 5 nitrogen and oxygen atoms in total. The Kier molecular flexibility index (Phi) is 4.21. The second-order valence-electron chi connectivity index (χ2n) is 7.10. The van der Waals surface area contributed by atoms with Gasteiger partial charge in [-0.3, -0.25) is 4.90 Å². The Morgan fingerprint density at radius 2 is 2.04 bits per heavy atom. The third-order valence-electron chi connectivity index (χ3n) is 4.81. The van der Waals surface area contributed by atoms with E-state index < -0.39 is 0 Å². The number of nitrogens with zero attached hydrogens (tertiary/aromatic N) is 4. The van der Waals surface area contributed by atoms with Gasteiger partial charge in [-0.15, -0.1) is 0 Å². The quantitative estimate of drug-likeness (QED) is 0.774. The molecular weight excluding hydrogens is 339 g/mol. The van der Waals surface area contributed by atoms with Crippen molar-refractivity contribution in [2.24, 2.45) is 11.8 Å². The predicted octanol–water partition coefficient (Wildman–Crippen LogP) is 3.70. The maximum atomic E-state index is 13.9. The van der Waals surface area contributed by atoms with E-state index in [1.54, 1.807) is 12.1 Å². The van der Waals surface area contributed by atoms with Gasteiger partial charge in [-0.05, 0) is 36.0 Å². The fourth-order valence-electron chi connectivity index (χ4n) is 4.00. The van der Waals surface area contributed by atoms with Crippen molar-refractivity contribution in [3.8, 4) is 5.88 Å². The molecule has 7 heteroatoms. The van der Waals surface area contributed by atoms with Gasteiger partial charge < -0.3 is 5.11 Å². The minimum atomic E-state index is -0.264. The van der Waals surface area contributed by atoms with Gasteiger partial charge in [0.25, 0.3) is 0 Å². The van der Waals surface area contributed by atoms with Gasteiger partial charge in [-0.1, -0.05) is 37.3 Å². The van der Waals surface area contributed by atoms with Crippen molar-refractivity contribution in [3.05, 3.63) is 46.9 Å². The van der Waals surface area contributed by atoms with Crippen molar-refractivity contribution in [2.75, 3.05) is 13.1 Å². The molecule has 0 spiro atoms. The molecule has 1 aliphatic rings. The molecule has 0 unspecified atom stereocenters. The molecule has 0 radical (unpaired) electrons. The first-order chi connectivity index (χ1) is 12.0. The van der Waals surface area contributed by atoms with E-state index in [1.165, 1.54) is 34.7 Å². The zero-order valence-electron chi connectivity index (χ0n) is 14.3. The van der Waals surface area contributed by atoms with Crippen LogP contribution >= 0.6 is 11.3 Å². The van der Waals surface area contributed by atoms with Crippen LogP contribution in [0, 0.1) is 17.7 Å². The number of piperidine rings is 1. The minimum Gasteiger partial charge on any atom is -0.492 e. The van der Waals surface area contributed by atoms with Crippen LogP contribution in [0.25, 0.3) is 4.96 Å². The molecule has 0 saturated carbocycles. The normalized spacial score (nSPS) is 23.2. The average molecular weight is 360 g/mol. The van der Waals surface area contributed by atoms with Crippen molar-refractivity contribution in [1.82, 2.24) is 19.5 Å². The molecule has 132 valence electrons. The lowest BCUT2D eigenvalue weighted by atomic mass is 9.89. The van der Waals surface area contributed by atoms with Crippen LogP contribution in [-0.4, -0.2) is 37.7 Å². The van der Waals surface area contributed by atoms with Crippen LogP contribution in [-0.2, 0) is 0 Å². The molecule has 2 aromatic heterocycles. The van der Waals surface area contributed by atoms with E-state index >= 15 is 0 Å². The lowest BCUT2D eigenvalue weighted by Gasteiger charge is -2.40. The van der Waals surface area contributed by atoms with Crippen molar-refractivity contribution in [2.45, 2.75) is 26.3 Å². The van der Waals surface area contributed by atoms with Gasteiger partial charge in [0.1, 0.15) is 12.1 Å². The smallest absolute Gasteiger partial charge is 0.230 e. The fourth-order valence-corrected chi connectivity index (χ4v) is 5.09. The van der Waals surface area contributed by atoms with E-state index in [0.717, 1.165) is 23.5 Å². The maximum Gasteiger partial charge on any atom is 0.230 e. The first kappa shape index (κ1) is 16.5. The van der Waals surface area contributed by atoms with E-state index in [0.29, 0.717) is 16.8 Å². The third-order valence-corrected chi connectivity index (χ3v) is 5.90. The van der Waals surface area contributed by atoms with Gasteiger partial charge in [0, 0.05) is 13.1 Å². The first-order valence-corrected chi connectivity index (χ1v) is 9.35. The van der Waals surface area contributed by atoms with Crippen molar-refractivity contribution in [1.29, 1.82) is 0 Å². The fraction of sp³-hybridized carbons (Fsp3) is 0.444. The van der Waals surface area contributed by atoms with Gasteiger partial charge in [-0.2, -0.15) is 9.61 Å². The van der Waals surface area contributed by atoms with E-state index in [2.05, 4.69) is 28.8 Å². The molecule has 0 aliphatic carbocycles. The van der Waals surface area contributed by atoms with Crippen LogP contribution in [0.2, 0.25) is 0 Å². The molecule has 4 rings (SSSR count). The standard InChI is InChI=1S/C18H21FN4OS/c1-11-6-12(2)9-22(8-11)15(13-4-3-5-14(19)7-13)16-17(24)23-18(25-16)20-10-21-23/h3-5,7,10-12,15,24H,6,8-9H2,1-2H3/t11-,12-,15-/m0/s1. The predicted molar refractivity (Wildman–Crippen MR) is 95.3 cm³/mol. The highest BCUT2D eigenvalue weighted by Crippen LogP contribution is 2.41. The van der Waals surface area contributed by atoms with Gasteiger partial charge in [-0.25, -0.2) is 9.37 Å². The van der Waals surface area contributed by atoms with Gasteiger partial charge in [0.2, 0.25) is 10.8 Å². The molecule has 3 aromatic rings. The first-order valence-electron chi connectivity index (χ1n) is 8.54. The summed E-state index contributed by atoms with van der Waals surface area (Å²) < 4.78 is 15.3. The summed E-state index contributed by atoms with van der Waals surface area (Å²) in [5.41, 5.74) is 0.848. The Balaban J connectivity index is 1.83. The van der Waals surface area contributed by atoms with Crippen LogP contribution < -0.4 is 0 Å². The summed E-state index contributed by atoms with van der Waals surface area (Å²) in [5, 5.41) is 14.8. The Bertz CT molecular complexity index is 882. The number of fused-ring (bicyclic) bond motifs is 1. The molecule has 1 saturated heterocycles. The molecule has 3 atom stereocenters. The molecule has 0 bridgehead atoms. The molecule has 1 aliphatic heterocycles. The number of hydrogen-bond acceptors (Lipinski definition) is 5. The van der Waals surface area contributed by atoms with Gasteiger partial charge in [0.15, 0.2) is 0 Å². The van der Waals surface area contributed by atoms with Gasteiger partial charge in [0.05, 0.1) is 10.9 Å². The van der Waals surface area contributed by atoms with Crippen molar-refractivity contribution < 1.29 is 9.50 Å². The summed E-state index contributed by atoms with van der Waals surface area (Å²) in [7, 11) is 0. The SMILES string of the molecule is C[C@H]1C[C@H](C)CN([C@@H](c2cccc(F)c2)c2sc3ncnn3c2O)C1. The molecular formula is C18H21FN4OS. The van der Waals surface area contributed by atoms with E-state index in [4.69, 9.17) is 0 Å². The summed E-state index contributed by atoms with van der Waals surface area (Å²) in [6.07, 6.45) is 2.62. The molecule has 25 heavy (non-hydrogen) atoms. The highest BCUT2D eigenvalue weighted by atomic mass is 32.1. The van der Waals surface area contributed by atoms with E-state index in [1.807, 2.05) is 6.07 Å². The Labute approximate surface area is 149 Å². The molecule has 1 fully saturated rings. The second-order valence-corrected chi connectivity index (χ2v) is 8.11. The van der Waals surface area contributed by atoms with Crippen LogP contribution in [0.1, 0.15) is 36.8 Å². The number of rotatable bonds is 3. The van der Waals surface area contributed by atoms with Crippen LogP contribution in [0.5, 0.6) is 5.88 Å². The van der Waals surface area contributed by atoms with E-state index in [-0.39, 0.29) is 17.7 Å². The minimum absolute atomic E-state index is 0.0950. The summed E-state index contributed by atoms with van der Waals surface area (Å²) in [6.45, 7) is 6.32. The number of benzene rings is 1. The number of likely N-dealkylation sites (tertiary alicyclic amines) is 1. The van der Waals surface area contributed by atoms with Gasteiger partial charge >= 0.3 is 0 Å². The lowest BCUT2D eigenvalue weighted by Crippen LogP contribution is -2.41. The summed E-state index contributed by atoms with van der Waals surface area (Å²) in [4.78, 5) is 7.94. The van der Waals surface area contributed by atoms with E-state index in [9.17, 15) is 9.50 Å². The monoisotopic (exact) mass is 360 g/mol. The zero-order chi connectivity index (χ0) is 17.6. The third kappa shape index (κ3) is 3.02. The number of halogens is 1. The summed E-state index contributed by atoms with van der Waals surface area (Å²) in [5.74, 6) is 0.949. The topological polar surface area (TPSA) is 53.7 Å². The largest absolute Gasteiger partial charge is 0.492 e. The molecule has 1 N–H and O–H groups in total. The van der Waals surface area contributed by atoms with Crippen LogP contribution in [0.15, 0.2) is 30.6 Å². The van der Waals surface area contributed by atoms with Crippen molar-refractivity contribution >= 4 is 16.3 Å². The molecule has 1 aromatic carbocycles. The molecule has 3 heterocycles. The van der Waals surface area contributed by atoms with Crippen LogP contribution in [0.4, 0.5) is 4.39 Å². The zero-order valence-corrected chi connectivity index (χ0v) is 15.1. The Hall–Kier alpha value is -1.99. The average Bonchev–Trinajstić information content (AvgIpc) is 3.11. The van der Waals surface area contributed by atoms with Crippen LogP contribution in [0.3, 0.4) is 0 Å². The number of hydrogen-bond donors (Lipinski definition) is 1. The summed E-state index contributed by atoms with van der Waals surface area (Å²) in [6, 6.07) is 6.46. The lowest BCUT2D eigenvalue weighted by molar-refractivity contribution is 0.111. The number of aromatic nitrogens is 3. The highest BCUT2D eigenvalue weighted by molar-refractivity contribution is 7.17. The summed E-state index contributed by atoms with van der Waals surface area (Å²) >= 11 is 1.41. The van der Waals surface area contributed by atoms with Crippen molar-refractivity contribution in [3.63, 3.8) is 0 Å². The molecule has 0 amide bonds. The number of aromatic hydroxyl groups is 1. The second kappa shape index (κ2) is 6.38.